The summed E-state index contributed by atoms with van der Waals surface area (Å²) in [7, 11) is 0. The number of ether oxygens (including phenoxy) is 1. The van der Waals surface area contributed by atoms with Crippen LogP contribution in [0.1, 0.15) is 39.6 Å². The largest absolute Gasteiger partial charge is 0.494 e. The third-order valence-corrected chi connectivity index (χ3v) is 5.57. The molecule has 4 rings (SSSR count). The van der Waals surface area contributed by atoms with Crippen LogP contribution in [0.25, 0.3) is 21.9 Å². The Morgan fingerprint density at radius 1 is 0.914 bits per heavy atom. The fourth-order valence-corrected chi connectivity index (χ4v) is 3.83. The van der Waals surface area contributed by atoms with Crippen LogP contribution in [-0.4, -0.2) is 29.4 Å². The minimum absolute atomic E-state index is 0.0663. The van der Waals surface area contributed by atoms with Gasteiger partial charge in [-0.2, -0.15) is 0 Å². The minimum atomic E-state index is -1.08. The van der Waals surface area contributed by atoms with Gasteiger partial charge in [-0.3, -0.25) is 10.2 Å². The van der Waals surface area contributed by atoms with E-state index in [1.54, 1.807) is 54.6 Å². The molecule has 7 heteroatoms. The van der Waals surface area contributed by atoms with Crippen LogP contribution in [0.2, 0.25) is 0 Å². The highest BCUT2D eigenvalue weighted by atomic mass is 16.5. The molecule has 0 radical (unpaired) electrons. The van der Waals surface area contributed by atoms with E-state index in [1.807, 2.05) is 31.2 Å². The van der Waals surface area contributed by atoms with E-state index >= 15 is 0 Å². The fraction of sp³-hybridized carbons (Fsp3) is 0.107. The first-order valence-corrected chi connectivity index (χ1v) is 11.2. The van der Waals surface area contributed by atoms with Crippen LogP contribution in [0, 0.1) is 5.41 Å². The van der Waals surface area contributed by atoms with E-state index in [-0.39, 0.29) is 17.0 Å². The number of carbonyl (C=O) groups is 2. The number of aromatic carboxylic acids is 1. The molecular weight excluding hydrogens is 442 g/mol. The van der Waals surface area contributed by atoms with Gasteiger partial charge in [0.1, 0.15) is 11.6 Å². The first kappa shape index (κ1) is 23.5. The van der Waals surface area contributed by atoms with Gasteiger partial charge in [0.25, 0.3) is 5.91 Å². The predicted molar refractivity (Wildman–Crippen MR) is 138 cm³/mol. The maximum absolute atomic E-state index is 13.4. The zero-order valence-electron chi connectivity index (χ0n) is 19.2. The summed E-state index contributed by atoms with van der Waals surface area (Å²) < 4.78 is 5.74. The highest BCUT2D eigenvalue weighted by molar-refractivity contribution is 6.12. The molecule has 0 spiro atoms. The van der Waals surface area contributed by atoms with Gasteiger partial charge in [-0.1, -0.05) is 31.2 Å². The normalized spacial score (nSPS) is 10.7. The van der Waals surface area contributed by atoms with Crippen molar-refractivity contribution in [1.82, 2.24) is 0 Å². The smallest absolute Gasteiger partial charge is 0.336 e. The lowest BCUT2D eigenvalue weighted by Crippen LogP contribution is -2.15. The lowest BCUT2D eigenvalue weighted by molar-refractivity contribution is 0.0697. The fourth-order valence-electron chi connectivity index (χ4n) is 3.83. The summed E-state index contributed by atoms with van der Waals surface area (Å²) in [6.45, 7) is 2.48. The van der Waals surface area contributed by atoms with Crippen molar-refractivity contribution in [1.29, 1.82) is 5.41 Å². The highest BCUT2D eigenvalue weighted by Gasteiger charge is 2.20. The SMILES string of the molecule is CCCOc1ccc(-c2cc3ccccc3cc2C(=O)O)c(C(=O)Nc2ccc(C(=N)N)cc2)c1. The van der Waals surface area contributed by atoms with Crippen LogP contribution in [-0.2, 0) is 0 Å². The van der Waals surface area contributed by atoms with Crippen molar-refractivity contribution in [3.63, 3.8) is 0 Å². The first-order valence-electron chi connectivity index (χ1n) is 11.2. The van der Waals surface area contributed by atoms with Crippen molar-refractivity contribution in [2.24, 2.45) is 5.73 Å². The molecule has 7 nitrogen and oxygen atoms in total. The third kappa shape index (κ3) is 5.14. The van der Waals surface area contributed by atoms with Gasteiger partial charge in [-0.15, -0.1) is 0 Å². The number of fused-ring (bicyclic) bond motifs is 1. The molecule has 5 N–H and O–H groups in total. The van der Waals surface area contributed by atoms with E-state index in [2.05, 4.69) is 5.32 Å². The number of nitrogens with two attached hydrogens (primary N) is 1. The second kappa shape index (κ2) is 10.1. The molecule has 0 aliphatic carbocycles. The van der Waals surface area contributed by atoms with Gasteiger partial charge < -0.3 is 20.9 Å². The molecule has 0 bridgehead atoms. The van der Waals surface area contributed by atoms with Crippen LogP contribution < -0.4 is 15.8 Å². The van der Waals surface area contributed by atoms with Crippen LogP contribution in [0.15, 0.2) is 78.9 Å². The number of amides is 1. The number of hydrogen-bond donors (Lipinski definition) is 4. The molecule has 0 aromatic heterocycles. The van der Waals surface area contributed by atoms with E-state index in [0.29, 0.717) is 34.7 Å². The molecule has 0 aliphatic rings. The Balaban J connectivity index is 1.82. The lowest BCUT2D eigenvalue weighted by atomic mass is 9.92. The van der Waals surface area contributed by atoms with Gasteiger partial charge in [0, 0.05) is 11.3 Å². The number of anilines is 1. The van der Waals surface area contributed by atoms with Crippen molar-refractivity contribution in [2.75, 3.05) is 11.9 Å². The number of rotatable bonds is 8. The molecule has 4 aromatic carbocycles. The Hall–Kier alpha value is -4.65. The molecule has 176 valence electrons. The summed E-state index contributed by atoms with van der Waals surface area (Å²) in [4.78, 5) is 25.6. The number of carboxylic acid groups (broad SMARTS) is 1. The third-order valence-electron chi connectivity index (χ3n) is 5.57. The molecule has 35 heavy (non-hydrogen) atoms. The first-order chi connectivity index (χ1) is 16.9. The van der Waals surface area contributed by atoms with E-state index in [1.165, 1.54) is 0 Å². The summed E-state index contributed by atoms with van der Waals surface area (Å²) >= 11 is 0. The molecule has 0 aliphatic heterocycles. The quantitative estimate of drug-likeness (QED) is 0.200. The van der Waals surface area contributed by atoms with Gasteiger partial charge in [-0.05, 0) is 82.9 Å². The summed E-state index contributed by atoms with van der Waals surface area (Å²) in [6.07, 6.45) is 0.805. The zero-order valence-corrected chi connectivity index (χ0v) is 19.2. The van der Waals surface area contributed by atoms with Crippen LogP contribution in [0.4, 0.5) is 5.69 Å². The Kier molecular flexibility index (Phi) is 6.78. The molecule has 0 heterocycles. The standard InChI is InChI=1S/C28H25N3O4/c1-2-13-35-21-11-12-22(23-14-18-5-3-4-6-19(18)15-25(23)28(33)34)24(16-21)27(32)31-20-9-7-17(8-10-20)26(29)30/h3-12,14-16H,2,13H2,1H3,(H3,29,30)(H,31,32)(H,33,34). The topological polar surface area (TPSA) is 125 Å². The summed E-state index contributed by atoms with van der Waals surface area (Å²) in [6, 6.07) is 22.6. The average Bonchev–Trinajstić information content (AvgIpc) is 2.86. The molecule has 0 saturated carbocycles. The number of nitrogen functional groups attached to an aromatic ring is 1. The van der Waals surface area contributed by atoms with Crippen LogP contribution in [0.3, 0.4) is 0 Å². The minimum Gasteiger partial charge on any atom is -0.494 e. The number of benzene rings is 4. The molecule has 0 unspecified atom stereocenters. The van der Waals surface area contributed by atoms with E-state index in [0.717, 1.165) is 17.2 Å². The number of amidine groups is 1. The van der Waals surface area contributed by atoms with Crippen molar-refractivity contribution in [3.8, 4) is 16.9 Å². The van der Waals surface area contributed by atoms with Gasteiger partial charge >= 0.3 is 5.97 Å². The van der Waals surface area contributed by atoms with Gasteiger partial charge in [-0.25, -0.2) is 4.79 Å². The molecule has 0 fully saturated rings. The van der Waals surface area contributed by atoms with E-state index in [4.69, 9.17) is 15.9 Å². The average molecular weight is 468 g/mol. The number of nitrogens with one attached hydrogen (secondary N) is 2. The molecule has 0 saturated heterocycles. The Morgan fingerprint density at radius 3 is 2.23 bits per heavy atom. The van der Waals surface area contributed by atoms with Crippen molar-refractivity contribution in [2.45, 2.75) is 13.3 Å². The van der Waals surface area contributed by atoms with Crippen LogP contribution >= 0.6 is 0 Å². The summed E-state index contributed by atoms with van der Waals surface area (Å²) in [5, 5.41) is 22.0. The number of carbonyl (C=O) groups excluding carboxylic acids is 1. The lowest BCUT2D eigenvalue weighted by Gasteiger charge is -2.16. The Morgan fingerprint density at radius 2 is 1.60 bits per heavy atom. The summed E-state index contributed by atoms with van der Waals surface area (Å²) in [5.41, 5.74) is 7.88. The van der Waals surface area contributed by atoms with Gasteiger partial charge in [0.2, 0.25) is 0 Å². The van der Waals surface area contributed by atoms with Crippen molar-refractivity contribution in [3.05, 3.63) is 95.6 Å². The van der Waals surface area contributed by atoms with Crippen LogP contribution in [0.5, 0.6) is 5.75 Å². The number of carboxylic acids is 1. The Bertz CT molecular complexity index is 1430. The summed E-state index contributed by atoms with van der Waals surface area (Å²) in [5.74, 6) is -1.04. The second-order valence-electron chi connectivity index (χ2n) is 8.05. The van der Waals surface area contributed by atoms with Gasteiger partial charge in [0.15, 0.2) is 0 Å². The van der Waals surface area contributed by atoms with Crippen molar-refractivity contribution >= 4 is 34.2 Å². The number of hydrogen-bond acceptors (Lipinski definition) is 4. The maximum Gasteiger partial charge on any atom is 0.336 e. The molecule has 1 amide bonds. The maximum atomic E-state index is 13.4. The molecular formula is C28H25N3O4. The van der Waals surface area contributed by atoms with E-state index in [9.17, 15) is 14.7 Å². The van der Waals surface area contributed by atoms with E-state index < -0.39 is 11.9 Å². The predicted octanol–water partition coefficient (Wildman–Crippen LogP) is 5.53. The second-order valence-corrected chi connectivity index (χ2v) is 8.05. The van der Waals surface area contributed by atoms with Crippen molar-refractivity contribution < 1.29 is 19.4 Å². The monoisotopic (exact) mass is 467 g/mol. The molecule has 4 aromatic rings. The highest BCUT2D eigenvalue weighted by Crippen LogP contribution is 2.34. The Labute approximate surface area is 202 Å². The van der Waals surface area contributed by atoms with Gasteiger partial charge in [0.05, 0.1) is 17.7 Å². The molecule has 0 atom stereocenters. The zero-order chi connectivity index (χ0) is 24.9.